The second kappa shape index (κ2) is 11.1. The predicted octanol–water partition coefficient (Wildman–Crippen LogP) is 9.67. The second-order valence-electron chi connectivity index (χ2n) is 10.5. The van der Waals surface area contributed by atoms with Crippen molar-refractivity contribution < 1.29 is 8.78 Å². The highest BCUT2D eigenvalue weighted by molar-refractivity contribution is 6.30. The van der Waals surface area contributed by atoms with E-state index in [0.29, 0.717) is 5.92 Å². The van der Waals surface area contributed by atoms with E-state index in [4.69, 9.17) is 11.6 Å². The van der Waals surface area contributed by atoms with Crippen LogP contribution in [0.5, 0.6) is 0 Å². The van der Waals surface area contributed by atoms with Crippen molar-refractivity contribution in [1.82, 2.24) is 0 Å². The second-order valence-corrected chi connectivity index (χ2v) is 10.9. The zero-order valence-corrected chi connectivity index (χ0v) is 20.1. The van der Waals surface area contributed by atoms with E-state index in [1.807, 2.05) is 0 Å². The highest BCUT2D eigenvalue weighted by atomic mass is 35.5. The van der Waals surface area contributed by atoms with Crippen LogP contribution in [0.2, 0.25) is 5.02 Å². The number of hydrogen-bond donors (Lipinski definition) is 0. The van der Waals surface area contributed by atoms with Crippen LogP contribution in [0, 0.1) is 29.4 Å². The highest BCUT2D eigenvalue weighted by Crippen LogP contribution is 2.41. The summed E-state index contributed by atoms with van der Waals surface area (Å²) in [4.78, 5) is 0. The Kier molecular flexibility index (Phi) is 8.27. The molecule has 32 heavy (non-hydrogen) atoms. The molecule has 0 radical (unpaired) electrons. The van der Waals surface area contributed by atoms with E-state index in [2.05, 4.69) is 37.3 Å². The molecule has 174 valence electrons. The van der Waals surface area contributed by atoms with E-state index in [1.54, 1.807) is 0 Å². The Morgan fingerprint density at radius 1 is 0.781 bits per heavy atom. The monoisotopic (exact) mass is 458 g/mol. The molecule has 2 aliphatic rings. The fourth-order valence-corrected chi connectivity index (χ4v) is 6.35. The average Bonchev–Trinajstić information content (AvgIpc) is 2.82. The summed E-state index contributed by atoms with van der Waals surface area (Å²) in [5, 5.41) is -0.383. The van der Waals surface area contributed by atoms with Crippen LogP contribution in [0.25, 0.3) is 0 Å². The lowest BCUT2D eigenvalue weighted by molar-refractivity contribution is 0.220. The summed E-state index contributed by atoms with van der Waals surface area (Å²) in [5.41, 5.74) is 2.26. The molecule has 3 heteroatoms. The normalized spacial score (nSPS) is 27.2. The molecule has 0 aliphatic heterocycles. The lowest BCUT2D eigenvalue weighted by Crippen LogP contribution is -2.18. The van der Waals surface area contributed by atoms with Gasteiger partial charge in [0.05, 0.1) is 0 Å². The van der Waals surface area contributed by atoms with Crippen molar-refractivity contribution in [2.45, 2.75) is 89.4 Å². The molecule has 2 aromatic rings. The molecular weight excluding hydrogens is 422 g/mol. The summed E-state index contributed by atoms with van der Waals surface area (Å²) in [5.74, 6) is 2.25. The summed E-state index contributed by atoms with van der Waals surface area (Å²) in [7, 11) is 0. The Balaban J connectivity index is 1.16. The average molecular weight is 459 g/mol. The van der Waals surface area contributed by atoms with Crippen LogP contribution in [0.15, 0.2) is 42.5 Å². The predicted molar refractivity (Wildman–Crippen MR) is 130 cm³/mol. The molecule has 2 fully saturated rings. The molecule has 0 amide bonds. The van der Waals surface area contributed by atoms with Gasteiger partial charge >= 0.3 is 0 Å². The number of benzene rings is 2. The van der Waals surface area contributed by atoms with Crippen LogP contribution < -0.4 is 0 Å². The molecule has 1 atom stereocenters. The fraction of sp³-hybridized carbons (Fsp3) is 0.586. The van der Waals surface area contributed by atoms with Crippen molar-refractivity contribution >= 4 is 11.6 Å². The Morgan fingerprint density at radius 2 is 1.28 bits per heavy atom. The van der Waals surface area contributed by atoms with Gasteiger partial charge in [-0.25, -0.2) is 8.78 Å². The molecule has 0 heterocycles. The van der Waals surface area contributed by atoms with Gasteiger partial charge in [-0.05, 0) is 85.0 Å². The number of hydrogen-bond acceptors (Lipinski definition) is 0. The topological polar surface area (TPSA) is 0 Å². The molecule has 2 aromatic carbocycles. The SMILES string of the molecule is C[C@H](CC1CCC(CCC2CCC(c3cc(F)c(Cl)c(F)c3)CC2)CC1)c1ccccc1. The summed E-state index contributed by atoms with van der Waals surface area (Å²) < 4.78 is 27.6. The van der Waals surface area contributed by atoms with Crippen LogP contribution in [0.4, 0.5) is 8.78 Å². The van der Waals surface area contributed by atoms with Gasteiger partial charge in [0.15, 0.2) is 0 Å². The lowest BCUT2D eigenvalue weighted by Gasteiger charge is -2.33. The maximum absolute atomic E-state index is 13.8. The van der Waals surface area contributed by atoms with Crippen LogP contribution in [-0.2, 0) is 0 Å². The molecule has 2 saturated carbocycles. The van der Waals surface area contributed by atoms with Crippen LogP contribution in [0.1, 0.15) is 101 Å². The molecule has 0 bridgehead atoms. The third-order valence-electron chi connectivity index (χ3n) is 8.33. The zero-order valence-electron chi connectivity index (χ0n) is 19.3. The van der Waals surface area contributed by atoms with Gasteiger partial charge in [0.1, 0.15) is 16.7 Å². The molecule has 0 aromatic heterocycles. The van der Waals surface area contributed by atoms with Crippen LogP contribution >= 0.6 is 11.6 Å². The lowest BCUT2D eigenvalue weighted by atomic mass is 9.73. The molecular formula is C29H37ClF2. The first-order valence-corrected chi connectivity index (χ1v) is 13.1. The van der Waals surface area contributed by atoms with Crippen molar-refractivity contribution in [3.8, 4) is 0 Å². The summed E-state index contributed by atoms with van der Waals surface area (Å²) in [6.45, 7) is 2.38. The summed E-state index contributed by atoms with van der Waals surface area (Å²) in [6.07, 6.45) is 14.0. The van der Waals surface area contributed by atoms with Crippen molar-refractivity contribution in [2.75, 3.05) is 0 Å². The van der Waals surface area contributed by atoms with E-state index >= 15 is 0 Å². The van der Waals surface area contributed by atoms with Crippen molar-refractivity contribution in [3.63, 3.8) is 0 Å². The van der Waals surface area contributed by atoms with Crippen LogP contribution in [-0.4, -0.2) is 0 Å². The van der Waals surface area contributed by atoms with Gasteiger partial charge in [-0.15, -0.1) is 0 Å². The first-order chi connectivity index (χ1) is 15.5. The Morgan fingerprint density at radius 3 is 1.84 bits per heavy atom. The van der Waals surface area contributed by atoms with E-state index in [1.165, 1.54) is 75.5 Å². The number of halogens is 3. The standard InChI is InChI=1S/C29H37ClF2/c1-20(24-5-3-2-4-6-24)17-23-11-9-21(10-12-23)7-8-22-13-15-25(16-14-22)26-18-27(31)29(30)28(32)19-26/h2-6,18-23,25H,7-17H2,1H3/t20-,21?,22?,23?,25?/m1/s1. The first kappa shape index (κ1) is 23.7. The van der Waals surface area contributed by atoms with Gasteiger partial charge in [0.2, 0.25) is 0 Å². The largest absolute Gasteiger partial charge is 0.205 e. The Bertz CT molecular complexity index is 826. The van der Waals surface area contributed by atoms with Crippen molar-refractivity contribution in [1.29, 1.82) is 0 Å². The summed E-state index contributed by atoms with van der Waals surface area (Å²) in [6, 6.07) is 13.8. The molecule has 0 unspecified atom stereocenters. The molecule has 0 saturated heterocycles. The maximum atomic E-state index is 13.8. The van der Waals surface area contributed by atoms with E-state index in [-0.39, 0.29) is 10.9 Å². The molecule has 2 aliphatic carbocycles. The Labute approximate surface area is 197 Å². The van der Waals surface area contributed by atoms with Gasteiger partial charge in [0, 0.05) is 0 Å². The minimum absolute atomic E-state index is 0.273. The molecule has 0 nitrogen and oxygen atoms in total. The third kappa shape index (κ3) is 6.13. The molecule has 0 N–H and O–H groups in total. The van der Waals surface area contributed by atoms with Gasteiger partial charge in [-0.1, -0.05) is 87.4 Å². The van der Waals surface area contributed by atoms with Gasteiger partial charge in [-0.2, -0.15) is 0 Å². The van der Waals surface area contributed by atoms with Crippen molar-refractivity contribution in [3.05, 3.63) is 70.2 Å². The smallest absolute Gasteiger partial charge is 0.145 e. The van der Waals surface area contributed by atoms with Gasteiger partial charge < -0.3 is 0 Å². The van der Waals surface area contributed by atoms with Gasteiger partial charge in [-0.3, -0.25) is 0 Å². The summed E-state index contributed by atoms with van der Waals surface area (Å²) >= 11 is 5.64. The third-order valence-corrected chi connectivity index (χ3v) is 8.69. The maximum Gasteiger partial charge on any atom is 0.145 e. The number of rotatable bonds is 7. The minimum Gasteiger partial charge on any atom is -0.205 e. The minimum atomic E-state index is -0.627. The quantitative estimate of drug-likeness (QED) is 0.362. The van der Waals surface area contributed by atoms with E-state index < -0.39 is 11.6 Å². The highest BCUT2D eigenvalue weighted by Gasteiger charge is 2.27. The first-order valence-electron chi connectivity index (χ1n) is 12.7. The Hall–Kier alpha value is -1.41. The van der Waals surface area contributed by atoms with E-state index in [0.717, 1.165) is 36.2 Å². The van der Waals surface area contributed by atoms with E-state index in [9.17, 15) is 8.78 Å². The van der Waals surface area contributed by atoms with Gasteiger partial charge in [0.25, 0.3) is 0 Å². The van der Waals surface area contributed by atoms with Crippen molar-refractivity contribution in [2.24, 2.45) is 17.8 Å². The van der Waals surface area contributed by atoms with Crippen LogP contribution in [0.3, 0.4) is 0 Å². The fourth-order valence-electron chi connectivity index (χ4n) is 6.24. The molecule has 4 rings (SSSR count). The zero-order chi connectivity index (χ0) is 22.5. The molecule has 0 spiro atoms.